The summed E-state index contributed by atoms with van der Waals surface area (Å²) in [5, 5.41) is 15.2. The molecule has 1 aliphatic rings. The fourth-order valence-corrected chi connectivity index (χ4v) is 6.59. The van der Waals surface area contributed by atoms with Gasteiger partial charge in [-0.25, -0.2) is 4.98 Å². The van der Waals surface area contributed by atoms with Gasteiger partial charge in [-0.1, -0.05) is 23.9 Å². The van der Waals surface area contributed by atoms with E-state index in [0.29, 0.717) is 5.11 Å². The lowest BCUT2D eigenvalue weighted by Crippen LogP contribution is -2.29. The molecular weight excluding hydrogens is 565 g/mol. The number of thiocarbonyl (C=S) groups is 1. The number of benzene rings is 2. The molecular formula is C32H28N6O2S2. The van der Waals surface area contributed by atoms with E-state index in [4.69, 9.17) is 22.2 Å². The number of rotatable bonds is 7. The van der Waals surface area contributed by atoms with E-state index in [1.54, 1.807) is 23.9 Å². The summed E-state index contributed by atoms with van der Waals surface area (Å²) in [7, 11) is 0. The molecule has 1 N–H and O–H groups in total. The van der Waals surface area contributed by atoms with Crippen molar-refractivity contribution in [2.24, 2.45) is 0 Å². The lowest BCUT2D eigenvalue weighted by molar-refractivity contribution is -0.384. The Morgan fingerprint density at radius 1 is 0.929 bits per heavy atom. The van der Waals surface area contributed by atoms with Gasteiger partial charge >= 0.3 is 0 Å². The largest absolute Gasteiger partial charge is 0.351 e. The summed E-state index contributed by atoms with van der Waals surface area (Å²) in [5.41, 5.74) is 6.39. The van der Waals surface area contributed by atoms with Gasteiger partial charge in [0.1, 0.15) is 5.82 Å². The summed E-state index contributed by atoms with van der Waals surface area (Å²) < 4.78 is 2.19. The Balaban J connectivity index is 1.37. The van der Waals surface area contributed by atoms with Crippen molar-refractivity contribution < 1.29 is 4.92 Å². The number of pyridine rings is 2. The SMILES string of the molecule is Cc1ccc(-n2c(C)cc([C@H]3[C@H](c4ccccn4)NC(=S)N3c3ccc(Sc4ccc([N+](=O)[O-])cc4)cc3)c2C)nc1. The molecule has 2 atom stereocenters. The van der Waals surface area contributed by atoms with Crippen LogP contribution in [0.2, 0.25) is 0 Å². The zero-order valence-electron chi connectivity index (χ0n) is 23.3. The Hall–Kier alpha value is -4.54. The summed E-state index contributed by atoms with van der Waals surface area (Å²) in [6, 6.07) is 26.8. The molecule has 0 saturated carbocycles. The first-order valence-corrected chi connectivity index (χ1v) is 14.7. The number of nitrogens with one attached hydrogen (secondary N) is 1. The van der Waals surface area contributed by atoms with Crippen LogP contribution in [0, 0.1) is 30.9 Å². The van der Waals surface area contributed by atoms with Gasteiger partial charge in [0.05, 0.1) is 22.7 Å². The summed E-state index contributed by atoms with van der Waals surface area (Å²) in [4.78, 5) is 24.1. The maximum Gasteiger partial charge on any atom is 0.269 e. The molecule has 4 heterocycles. The van der Waals surface area contributed by atoms with E-state index >= 15 is 0 Å². The van der Waals surface area contributed by atoms with Crippen LogP contribution in [-0.4, -0.2) is 24.6 Å². The number of nitro benzene ring substituents is 1. The van der Waals surface area contributed by atoms with Crippen LogP contribution in [0.15, 0.2) is 107 Å². The zero-order chi connectivity index (χ0) is 29.4. The summed E-state index contributed by atoms with van der Waals surface area (Å²) in [5.74, 6) is 0.879. The second kappa shape index (κ2) is 11.4. The number of aryl methyl sites for hydroxylation is 2. The van der Waals surface area contributed by atoms with Crippen molar-refractivity contribution in [3.63, 3.8) is 0 Å². The van der Waals surface area contributed by atoms with E-state index in [1.165, 1.54) is 12.1 Å². The molecule has 1 saturated heterocycles. The van der Waals surface area contributed by atoms with Gasteiger partial charge < -0.3 is 14.8 Å². The lowest BCUT2D eigenvalue weighted by Gasteiger charge is -2.28. The van der Waals surface area contributed by atoms with Crippen LogP contribution >= 0.6 is 24.0 Å². The average molecular weight is 593 g/mol. The fraction of sp³-hybridized carbons (Fsp3) is 0.156. The smallest absolute Gasteiger partial charge is 0.269 e. The number of aromatic nitrogens is 3. The minimum atomic E-state index is -0.389. The monoisotopic (exact) mass is 592 g/mol. The molecule has 2 aromatic carbocycles. The van der Waals surface area contributed by atoms with E-state index in [0.717, 1.165) is 49.5 Å². The van der Waals surface area contributed by atoms with Gasteiger partial charge in [0.2, 0.25) is 0 Å². The molecule has 10 heteroatoms. The Morgan fingerprint density at radius 2 is 1.64 bits per heavy atom. The normalized spacial score (nSPS) is 16.5. The Labute approximate surface area is 253 Å². The predicted octanol–water partition coefficient (Wildman–Crippen LogP) is 7.43. The van der Waals surface area contributed by atoms with Gasteiger partial charge in [-0.15, -0.1) is 0 Å². The molecule has 0 unspecified atom stereocenters. The van der Waals surface area contributed by atoms with Crippen LogP contribution in [0.4, 0.5) is 11.4 Å². The van der Waals surface area contributed by atoms with E-state index < -0.39 is 0 Å². The number of anilines is 1. The molecule has 0 radical (unpaired) electrons. The highest BCUT2D eigenvalue weighted by Crippen LogP contribution is 2.44. The van der Waals surface area contributed by atoms with E-state index in [-0.39, 0.29) is 22.7 Å². The first-order chi connectivity index (χ1) is 20.3. The minimum absolute atomic E-state index is 0.0794. The molecule has 6 rings (SSSR count). The van der Waals surface area contributed by atoms with Gasteiger partial charge in [-0.05, 0) is 105 Å². The van der Waals surface area contributed by atoms with Gasteiger partial charge in [0, 0.05) is 51.4 Å². The van der Waals surface area contributed by atoms with E-state index in [2.05, 4.69) is 65.0 Å². The number of non-ortho nitro benzene ring substituents is 1. The van der Waals surface area contributed by atoms with Crippen LogP contribution in [-0.2, 0) is 0 Å². The topological polar surface area (TPSA) is 89.1 Å². The molecule has 0 aliphatic carbocycles. The maximum atomic E-state index is 11.0. The third-order valence-corrected chi connectivity index (χ3v) is 8.74. The van der Waals surface area contributed by atoms with Crippen molar-refractivity contribution in [1.29, 1.82) is 0 Å². The third kappa shape index (κ3) is 5.26. The summed E-state index contributed by atoms with van der Waals surface area (Å²) in [6.45, 7) is 6.26. The van der Waals surface area contributed by atoms with Crippen molar-refractivity contribution in [3.8, 4) is 5.82 Å². The van der Waals surface area contributed by atoms with Crippen LogP contribution in [0.25, 0.3) is 5.82 Å². The van der Waals surface area contributed by atoms with Gasteiger partial charge in [0.25, 0.3) is 5.69 Å². The quantitative estimate of drug-likeness (QED) is 0.119. The summed E-state index contributed by atoms with van der Waals surface area (Å²) >= 11 is 7.50. The minimum Gasteiger partial charge on any atom is -0.351 e. The molecule has 0 spiro atoms. The number of nitrogens with zero attached hydrogens (tertiary/aromatic N) is 5. The number of hydrogen-bond acceptors (Lipinski definition) is 6. The average Bonchev–Trinajstić information content (AvgIpc) is 3.49. The van der Waals surface area contributed by atoms with Crippen molar-refractivity contribution in [3.05, 3.63) is 136 Å². The second-order valence-electron chi connectivity index (χ2n) is 10.2. The third-order valence-electron chi connectivity index (χ3n) is 7.41. The van der Waals surface area contributed by atoms with Crippen molar-refractivity contribution in [2.75, 3.05) is 4.90 Å². The van der Waals surface area contributed by atoms with Crippen LogP contribution in [0.3, 0.4) is 0 Å². The Kier molecular flexibility index (Phi) is 7.49. The van der Waals surface area contributed by atoms with Gasteiger partial charge in [-0.2, -0.15) is 0 Å². The molecule has 8 nitrogen and oxygen atoms in total. The van der Waals surface area contributed by atoms with Crippen molar-refractivity contribution in [1.82, 2.24) is 19.9 Å². The second-order valence-corrected chi connectivity index (χ2v) is 11.7. The molecule has 0 amide bonds. The highest BCUT2D eigenvalue weighted by Gasteiger charge is 2.42. The molecule has 210 valence electrons. The molecule has 1 aliphatic heterocycles. The zero-order valence-corrected chi connectivity index (χ0v) is 24.9. The Bertz CT molecular complexity index is 1750. The first-order valence-electron chi connectivity index (χ1n) is 13.4. The highest BCUT2D eigenvalue weighted by molar-refractivity contribution is 7.99. The number of hydrogen-bond donors (Lipinski definition) is 1. The predicted molar refractivity (Wildman–Crippen MR) is 169 cm³/mol. The van der Waals surface area contributed by atoms with Crippen LogP contribution in [0.5, 0.6) is 0 Å². The first kappa shape index (κ1) is 27.6. The lowest BCUT2D eigenvalue weighted by atomic mass is 9.96. The Morgan fingerprint density at radius 3 is 2.26 bits per heavy atom. The van der Waals surface area contributed by atoms with Crippen LogP contribution < -0.4 is 10.2 Å². The number of nitro groups is 1. The molecule has 0 bridgehead atoms. The van der Waals surface area contributed by atoms with Gasteiger partial charge in [0.15, 0.2) is 5.11 Å². The molecule has 3 aromatic heterocycles. The van der Waals surface area contributed by atoms with Crippen LogP contribution in [0.1, 0.15) is 40.3 Å². The van der Waals surface area contributed by atoms with Gasteiger partial charge in [-0.3, -0.25) is 15.1 Å². The van der Waals surface area contributed by atoms with E-state index in [9.17, 15) is 10.1 Å². The van der Waals surface area contributed by atoms with E-state index in [1.807, 2.05) is 43.6 Å². The standard InChI is InChI=1S/C32H28N6O2S2/c1-20-7-16-29(34-19-20)36-21(2)18-27(22(36)3)31-30(28-6-4-5-17-33-28)35-32(41)37(31)23-8-12-25(13-9-23)42-26-14-10-24(11-15-26)38(39)40/h4-19,30-31H,1-3H3,(H,35,41)/t30-,31-/m0/s1. The molecule has 42 heavy (non-hydrogen) atoms. The fourth-order valence-electron chi connectivity index (χ4n) is 5.43. The summed E-state index contributed by atoms with van der Waals surface area (Å²) in [6.07, 6.45) is 3.70. The molecule has 5 aromatic rings. The van der Waals surface area contributed by atoms with Crippen molar-refractivity contribution in [2.45, 2.75) is 42.6 Å². The van der Waals surface area contributed by atoms with Crippen molar-refractivity contribution >= 4 is 40.5 Å². The highest BCUT2D eigenvalue weighted by atomic mass is 32.2. The maximum absolute atomic E-state index is 11.0. The molecule has 1 fully saturated rings.